The zero-order valence-corrected chi connectivity index (χ0v) is 13.1. The number of para-hydroxylation sites is 1. The molecule has 19 heavy (non-hydrogen) atoms. The van der Waals surface area contributed by atoms with Crippen LogP contribution in [0.4, 0.5) is 5.69 Å². The van der Waals surface area contributed by atoms with Crippen molar-refractivity contribution in [1.29, 1.82) is 0 Å². The SMILES string of the molecule is O=C(CCc1ccccc1Cl)Nc1ccccc1I. The predicted octanol–water partition coefficient (Wildman–Crippen LogP) is 4.52. The monoisotopic (exact) mass is 385 g/mol. The van der Waals surface area contributed by atoms with E-state index in [1.165, 1.54) is 0 Å². The standard InChI is InChI=1S/C15H13ClINO/c16-12-6-2-1-5-11(12)9-10-15(19)18-14-8-4-3-7-13(14)17/h1-8H,9-10H2,(H,18,19). The number of amides is 1. The maximum Gasteiger partial charge on any atom is 0.224 e. The van der Waals surface area contributed by atoms with Crippen molar-refractivity contribution in [2.45, 2.75) is 12.8 Å². The lowest BCUT2D eigenvalue weighted by Gasteiger charge is -2.07. The third-order valence-electron chi connectivity index (χ3n) is 2.73. The van der Waals surface area contributed by atoms with Crippen LogP contribution in [0, 0.1) is 3.57 Å². The summed E-state index contributed by atoms with van der Waals surface area (Å²) in [6.45, 7) is 0. The Morgan fingerprint density at radius 2 is 1.79 bits per heavy atom. The van der Waals surface area contributed by atoms with Crippen LogP contribution in [0.15, 0.2) is 48.5 Å². The molecule has 0 aliphatic carbocycles. The summed E-state index contributed by atoms with van der Waals surface area (Å²) in [7, 11) is 0. The largest absolute Gasteiger partial charge is 0.325 e. The number of anilines is 1. The number of nitrogens with one attached hydrogen (secondary N) is 1. The van der Waals surface area contributed by atoms with E-state index in [-0.39, 0.29) is 5.91 Å². The normalized spacial score (nSPS) is 10.2. The van der Waals surface area contributed by atoms with Gasteiger partial charge in [0.05, 0.1) is 5.69 Å². The molecule has 0 saturated heterocycles. The van der Waals surface area contributed by atoms with Crippen LogP contribution in [-0.4, -0.2) is 5.91 Å². The summed E-state index contributed by atoms with van der Waals surface area (Å²) in [6, 6.07) is 15.3. The average molecular weight is 386 g/mol. The second kappa shape index (κ2) is 6.91. The molecule has 0 aliphatic rings. The minimum absolute atomic E-state index is 0.00374. The van der Waals surface area contributed by atoms with E-state index in [2.05, 4.69) is 27.9 Å². The second-order valence-corrected chi connectivity index (χ2v) is 5.69. The first-order valence-electron chi connectivity index (χ1n) is 5.94. The van der Waals surface area contributed by atoms with Gasteiger partial charge in [0.25, 0.3) is 0 Å². The van der Waals surface area contributed by atoms with Crippen molar-refractivity contribution in [1.82, 2.24) is 0 Å². The summed E-state index contributed by atoms with van der Waals surface area (Å²) in [5, 5.41) is 3.62. The predicted molar refractivity (Wildman–Crippen MR) is 87.6 cm³/mol. The van der Waals surface area contributed by atoms with Crippen molar-refractivity contribution in [3.05, 3.63) is 62.7 Å². The molecular weight excluding hydrogens is 373 g/mol. The van der Waals surface area contributed by atoms with E-state index in [1.807, 2.05) is 48.5 Å². The lowest BCUT2D eigenvalue weighted by molar-refractivity contribution is -0.116. The van der Waals surface area contributed by atoms with Crippen molar-refractivity contribution in [2.75, 3.05) is 5.32 Å². The van der Waals surface area contributed by atoms with Gasteiger partial charge in [-0.25, -0.2) is 0 Å². The maximum absolute atomic E-state index is 11.9. The van der Waals surface area contributed by atoms with Gasteiger partial charge in [0.1, 0.15) is 0 Å². The summed E-state index contributed by atoms with van der Waals surface area (Å²) in [4.78, 5) is 11.9. The minimum Gasteiger partial charge on any atom is -0.325 e. The molecule has 0 aliphatic heterocycles. The topological polar surface area (TPSA) is 29.1 Å². The van der Waals surface area contributed by atoms with Gasteiger partial charge in [-0.05, 0) is 52.8 Å². The Morgan fingerprint density at radius 3 is 2.53 bits per heavy atom. The van der Waals surface area contributed by atoms with E-state index in [0.717, 1.165) is 14.8 Å². The number of hydrogen-bond donors (Lipinski definition) is 1. The van der Waals surface area contributed by atoms with Crippen LogP contribution in [0.25, 0.3) is 0 Å². The summed E-state index contributed by atoms with van der Waals surface area (Å²) >= 11 is 8.26. The van der Waals surface area contributed by atoms with E-state index >= 15 is 0 Å². The van der Waals surface area contributed by atoms with Gasteiger partial charge in [0.15, 0.2) is 0 Å². The average Bonchev–Trinajstić information content (AvgIpc) is 2.40. The van der Waals surface area contributed by atoms with Crippen LogP contribution in [0.2, 0.25) is 5.02 Å². The van der Waals surface area contributed by atoms with E-state index in [1.54, 1.807) is 0 Å². The van der Waals surface area contributed by atoms with Crippen LogP contribution in [-0.2, 0) is 11.2 Å². The Balaban J connectivity index is 1.92. The van der Waals surface area contributed by atoms with Crippen LogP contribution in [0.1, 0.15) is 12.0 Å². The Bertz CT molecular complexity index is 586. The van der Waals surface area contributed by atoms with Crippen LogP contribution >= 0.6 is 34.2 Å². The molecule has 1 N–H and O–H groups in total. The van der Waals surface area contributed by atoms with Crippen molar-refractivity contribution in [3.8, 4) is 0 Å². The molecular formula is C15H13ClINO. The smallest absolute Gasteiger partial charge is 0.224 e. The molecule has 1 amide bonds. The molecule has 2 aromatic carbocycles. The highest BCUT2D eigenvalue weighted by atomic mass is 127. The number of rotatable bonds is 4. The molecule has 0 unspecified atom stereocenters. The van der Waals surface area contributed by atoms with Gasteiger partial charge < -0.3 is 5.32 Å². The highest BCUT2D eigenvalue weighted by molar-refractivity contribution is 14.1. The highest BCUT2D eigenvalue weighted by Gasteiger charge is 2.06. The van der Waals surface area contributed by atoms with Gasteiger partial charge >= 0.3 is 0 Å². The second-order valence-electron chi connectivity index (χ2n) is 4.12. The van der Waals surface area contributed by atoms with Crippen molar-refractivity contribution >= 4 is 45.8 Å². The van der Waals surface area contributed by atoms with Crippen LogP contribution in [0.5, 0.6) is 0 Å². The van der Waals surface area contributed by atoms with Gasteiger partial charge in [0, 0.05) is 15.0 Å². The van der Waals surface area contributed by atoms with Gasteiger partial charge in [-0.15, -0.1) is 0 Å². The third kappa shape index (κ3) is 4.21. The fourth-order valence-corrected chi connectivity index (χ4v) is 2.48. The quantitative estimate of drug-likeness (QED) is 0.771. The molecule has 0 bridgehead atoms. The Hall–Kier alpha value is -1.07. The number of carbonyl (C=O) groups is 1. The molecule has 4 heteroatoms. The number of aryl methyl sites for hydroxylation is 1. The fraction of sp³-hybridized carbons (Fsp3) is 0.133. The molecule has 0 atom stereocenters. The van der Waals surface area contributed by atoms with Crippen LogP contribution < -0.4 is 5.32 Å². The molecule has 0 aromatic heterocycles. The van der Waals surface area contributed by atoms with Gasteiger partial charge in [-0.2, -0.15) is 0 Å². The van der Waals surface area contributed by atoms with E-state index in [0.29, 0.717) is 17.9 Å². The van der Waals surface area contributed by atoms with Gasteiger partial charge in [-0.3, -0.25) is 4.79 Å². The minimum atomic E-state index is 0.00374. The first-order valence-corrected chi connectivity index (χ1v) is 7.40. The first kappa shape index (κ1) is 14.3. The van der Waals surface area contributed by atoms with Crippen molar-refractivity contribution in [3.63, 3.8) is 0 Å². The first-order chi connectivity index (χ1) is 9.16. The third-order valence-corrected chi connectivity index (χ3v) is 4.04. The van der Waals surface area contributed by atoms with Gasteiger partial charge in [-0.1, -0.05) is 41.9 Å². The summed E-state index contributed by atoms with van der Waals surface area (Å²) < 4.78 is 1.03. The molecule has 0 fully saturated rings. The van der Waals surface area contributed by atoms with Crippen molar-refractivity contribution < 1.29 is 4.79 Å². The molecule has 0 radical (unpaired) electrons. The summed E-state index contributed by atoms with van der Waals surface area (Å²) in [5.41, 5.74) is 1.86. The Morgan fingerprint density at radius 1 is 1.11 bits per heavy atom. The highest BCUT2D eigenvalue weighted by Crippen LogP contribution is 2.19. The molecule has 2 aromatic rings. The maximum atomic E-state index is 11.9. The van der Waals surface area contributed by atoms with E-state index in [9.17, 15) is 4.79 Å². The summed E-state index contributed by atoms with van der Waals surface area (Å²) in [5.74, 6) is 0.00374. The van der Waals surface area contributed by atoms with E-state index in [4.69, 9.17) is 11.6 Å². The van der Waals surface area contributed by atoms with E-state index < -0.39 is 0 Å². The lowest BCUT2D eigenvalue weighted by Crippen LogP contribution is -2.13. The number of benzene rings is 2. The molecule has 0 heterocycles. The fourth-order valence-electron chi connectivity index (χ4n) is 1.72. The van der Waals surface area contributed by atoms with Crippen molar-refractivity contribution in [2.24, 2.45) is 0 Å². The van der Waals surface area contributed by atoms with Crippen LogP contribution in [0.3, 0.4) is 0 Å². The molecule has 0 spiro atoms. The number of halogens is 2. The zero-order valence-electron chi connectivity index (χ0n) is 10.2. The molecule has 0 saturated carbocycles. The molecule has 2 nitrogen and oxygen atoms in total. The zero-order chi connectivity index (χ0) is 13.7. The lowest BCUT2D eigenvalue weighted by atomic mass is 10.1. The Kier molecular flexibility index (Phi) is 5.22. The summed E-state index contributed by atoms with van der Waals surface area (Å²) in [6.07, 6.45) is 1.07. The van der Waals surface area contributed by atoms with Gasteiger partial charge in [0.2, 0.25) is 5.91 Å². The number of carbonyl (C=O) groups excluding carboxylic acids is 1. The number of hydrogen-bond acceptors (Lipinski definition) is 1. The molecule has 98 valence electrons. The molecule has 2 rings (SSSR count). The Labute approximate surface area is 131 Å².